The van der Waals surface area contributed by atoms with Gasteiger partial charge in [-0.15, -0.1) is 0 Å². The van der Waals surface area contributed by atoms with Gasteiger partial charge in [-0.25, -0.2) is 9.78 Å². The number of nitrogens with one attached hydrogen (secondary N) is 1. The highest BCUT2D eigenvalue weighted by Gasteiger charge is 2.23. The topological polar surface area (TPSA) is 136 Å². The third-order valence-electron chi connectivity index (χ3n) is 5.19. The number of primary amides is 1. The minimum atomic E-state index is -1.18. The van der Waals surface area contributed by atoms with E-state index in [4.69, 9.17) is 10.5 Å². The Kier molecular flexibility index (Phi) is 5.81. The number of anilines is 2. The molecule has 0 aliphatic heterocycles. The molecule has 4 rings (SSSR count). The van der Waals surface area contributed by atoms with Crippen molar-refractivity contribution >= 4 is 34.5 Å². The number of carbonyl (C=O) groups excluding carboxylic acids is 1. The Morgan fingerprint density at radius 2 is 1.94 bits per heavy atom. The Morgan fingerprint density at radius 1 is 1.18 bits per heavy atom. The molecule has 0 atom stereocenters. The molecule has 0 aliphatic carbocycles. The predicted octanol–water partition coefficient (Wildman–Crippen LogP) is 3.25. The molecule has 168 valence electrons. The van der Waals surface area contributed by atoms with Gasteiger partial charge in [0.25, 0.3) is 0 Å². The molecule has 10 heteroatoms. The first-order valence-electron chi connectivity index (χ1n) is 10.0. The summed E-state index contributed by atoms with van der Waals surface area (Å²) in [6.45, 7) is 0.494. The first-order valence-corrected chi connectivity index (χ1v) is 10.0. The van der Waals surface area contributed by atoms with E-state index in [9.17, 15) is 14.7 Å². The fourth-order valence-electron chi connectivity index (χ4n) is 3.51. The fourth-order valence-corrected chi connectivity index (χ4v) is 3.51. The molecule has 2 aromatic carbocycles. The van der Waals surface area contributed by atoms with Crippen LogP contribution < -0.4 is 20.7 Å². The summed E-state index contributed by atoms with van der Waals surface area (Å²) in [7, 11) is 2.91. The highest BCUT2D eigenvalue weighted by Crippen LogP contribution is 2.32. The lowest BCUT2D eigenvalue weighted by Crippen LogP contribution is -2.26. The number of hydrogen-bond acceptors (Lipinski definition) is 6. The van der Waals surface area contributed by atoms with Gasteiger partial charge in [0.05, 0.1) is 18.8 Å². The summed E-state index contributed by atoms with van der Waals surface area (Å²) in [6.07, 6.45) is 0.319. The first-order chi connectivity index (χ1) is 15.9. The largest absolute Gasteiger partial charge is 0.491 e. The van der Waals surface area contributed by atoms with Gasteiger partial charge in [0.15, 0.2) is 11.6 Å². The highest BCUT2D eigenvalue weighted by atomic mass is 16.5. The van der Waals surface area contributed by atoms with Crippen molar-refractivity contribution in [2.45, 2.75) is 6.54 Å². The Morgan fingerprint density at radius 3 is 2.61 bits per heavy atom. The second kappa shape index (κ2) is 8.87. The average molecular weight is 446 g/mol. The number of nitrogens with zero attached hydrogens (tertiary/aromatic N) is 4. The van der Waals surface area contributed by atoms with Crippen molar-refractivity contribution in [3.63, 3.8) is 0 Å². The van der Waals surface area contributed by atoms with Gasteiger partial charge < -0.3 is 20.9 Å². The molecule has 0 spiro atoms. The lowest BCUT2D eigenvalue weighted by atomic mass is 10.1. The van der Waals surface area contributed by atoms with E-state index in [-0.39, 0.29) is 17.3 Å². The van der Waals surface area contributed by atoms with Crippen LogP contribution in [0, 0.1) is 0 Å². The van der Waals surface area contributed by atoms with Crippen LogP contribution in [0.4, 0.5) is 16.4 Å². The lowest BCUT2D eigenvalue weighted by Gasteiger charge is -2.17. The van der Waals surface area contributed by atoms with Crippen LogP contribution in [0.2, 0.25) is 0 Å². The first kappa shape index (κ1) is 21.6. The number of rotatable bonds is 7. The number of nitrogens with two attached hydrogens (primary N) is 1. The molecule has 0 saturated carbocycles. The van der Waals surface area contributed by atoms with Gasteiger partial charge in [-0.05, 0) is 23.8 Å². The van der Waals surface area contributed by atoms with Crippen molar-refractivity contribution in [2.24, 2.45) is 5.73 Å². The molecule has 2 heterocycles. The van der Waals surface area contributed by atoms with Crippen LogP contribution in [0.5, 0.6) is 5.75 Å². The Hall–Kier alpha value is -4.60. The molecule has 0 saturated heterocycles. The second-order valence-corrected chi connectivity index (χ2v) is 7.21. The van der Waals surface area contributed by atoms with E-state index in [1.807, 2.05) is 30.3 Å². The number of methoxy groups -OCH3 is 1. The van der Waals surface area contributed by atoms with E-state index in [0.717, 1.165) is 10.5 Å². The summed E-state index contributed by atoms with van der Waals surface area (Å²) < 4.78 is 6.96. The number of ether oxygens (including phenoxy) is 1. The molecule has 0 radical (unpaired) electrons. The molecule has 0 unspecified atom stereocenters. The summed E-state index contributed by atoms with van der Waals surface area (Å²) in [5.41, 5.74) is 7.38. The molecule has 4 N–H and O–H groups in total. The van der Waals surface area contributed by atoms with Gasteiger partial charge in [-0.2, -0.15) is 4.98 Å². The molecule has 2 amide bonds. The lowest BCUT2D eigenvalue weighted by molar-refractivity contribution is 0.100. The molecular weight excluding hydrogens is 424 g/mol. The van der Waals surface area contributed by atoms with Crippen LogP contribution in [0.1, 0.15) is 15.9 Å². The molecule has 4 aromatic rings. The minimum absolute atomic E-state index is 0.200. The van der Waals surface area contributed by atoms with Crippen LogP contribution in [0.25, 0.3) is 16.9 Å². The van der Waals surface area contributed by atoms with Gasteiger partial charge in [0.1, 0.15) is 5.82 Å². The van der Waals surface area contributed by atoms with E-state index < -0.39 is 12.0 Å². The van der Waals surface area contributed by atoms with Crippen molar-refractivity contribution in [1.82, 2.24) is 14.5 Å². The van der Waals surface area contributed by atoms with Gasteiger partial charge in [0.2, 0.25) is 11.9 Å². The summed E-state index contributed by atoms with van der Waals surface area (Å²) >= 11 is 0. The molecule has 33 heavy (non-hydrogen) atoms. The number of amides is 2. The monoisotopic (exact) mass is 446 g/mol. The smallest absolute Gasteiger partial charge is 0.412 e. The predicted molar refractivity (Wildman–Crippen MR) is 124 cm³/mol. The van der Waals surface area contributed by atoms with Crippen molar-refractivity contribution < 1.29 is 19.4 Å². The average Bonchev–Trinajstić information content (AvgIpc) is 3.22. The van der Waals surface area contributed by atoms with Crippen LogP contribution >= 0.6 is 0 Å². The van der Waals surface area contributed by atoms with Gasteiger partial charge in [-0.1, -0.05) is 36.4 Å². The number of aromatic nitrogens is 3. The van der Waals surface area contributed by atoms with Crippen molar-refractivity contribution in [2.75, 3.05) is 24.4 Å². The SMILES string of the molecule is COc1cnc(-n2c(N(C)C(=O)O)cc3c(C(N)=O)cccc32)nc1NCc1ccccc1. The second-order valence-electron chi connectivity index (χ2n) is 7.21. The maximum Gasteiger partial charge on any atom is 0.412 e. The van der Waals surface area contributed by atoms with E-state index in [1.54, 1.807) is 28.8 Å². The molecule has 2 aromatic heterocycles. The summed E-state index contributed by atoms with van der Waals surface area (Å²) in [6, 6.07) is 16.3. The van der Waals surface area contributed by atoms with E-state index in [2.05, 4.69) is 15.3 Å². The van der Waals surface area contributed by atoms with Gasteiger partial charge >= 0.3 is 6.09 Å². The molecular formula is C23H22N6O4. The Labute approximate surface area is 189 Å². The van der Waals surface area contributed by atoms with E-state index in [1.165, 1.54) is 20.4 Å². The number of carbonyl (C=O) groups is 2. The maximum absolute atomic E-state index is 12.0. The number of fused-ring (bicyclic) bond motifs is 1. The standard InChI is InChI=1S/C23H22N6O4/c1-28(23(31)32)19-11-16-15(20(24)30)9-6-10-17(16)29(19)22-26-13-18(33-2)21(27-22)25-12-14-7-4-3-5-8-14/h3-11,13H,12H2,1-2H3,(H2,24,30)(H,31,32)(H,25,26,27). The van der Waals surface area contributed by atoms with Crippen LogP contribution in [0.3, 0.4) is 0 Å². The quantitative estimate of drug-likeness (QED) is 0.396. The molecule has 10 nitrogen and oxygen atoms in total. The highest BCUT2D eigenvalue weighted by molar-refractivity contribution is 6.08. The molecule has 0 bridgehead atoms. The van der Waals surface area contributed by atoms with Crippen molar-refractivity contribution in [3.8, 4) is 11.7 Å². The van der Waals surface area contributed by atoms with Crippen molar-refractivity contribution in [1.29, 1.82) is 0 Å². The number of hydrogen-bond donors (Lipinski definition) is 3. The van der Waals surface area contributed by atoms with Crippen LogP contribution in [-0.4, -0.2) is 45.8 Å². The Bertz CT molecular complexity index is 1340. The summed E-state index contributed by atoms with van der Waals surface area (Å²) in [4.78, 5) is 33.7. The minimum Gasteiger partial charge on any atom is -0.491 e. The maximum atomic E-state index is 12.0. The zero-order valence-corrected chi connectivity index (χ0v) is 18.0. The van der Waals surface area contributed by atoms with Gasteiger partial charge in [0, 0.05) is 24.5 Å². The number of carboxylic acid groups (broad SMARTS) is 1. The normalized spacial score (nSPS) is 10.7. The number of benzene rings is 2. The molecule has 0 aliphatic rings. The van der Waals surface area contributed by atoms with Crippen molar-refractivity contribution in [3.05, 3.63) is 71.9 Å². The molecule has 0 fully saturated rings. The third-order valence-corrected chi connectivity index (χ3v) is 5.19. The fraction of sp³-hybridized carbons (Fsp3) is 0.130. The van der Waals surface area contributed by atoms with E-state index in [0.29, 0.717) is 29.0 Å². The van der Waals surface area contributed by atoms with Crippen LogP contribution in [0.15, 0.2) is 60.8 Å². The third kappa shape index (κ3) is 4.13. The van der Waals surface area contributed by atoms with Crippen LogP contribution in [-0.2, 0) is 6.54 Å². The zero-order valence-electron chi connectivity index (χ0n) is 18.0. The summed E-state index contributed by atoms with van der Waals surface area (Å²) in [5, 5.41) is 13.3. The Balaban J connectivity index is 1.87. The van der Waals surface area contributed by atoms with E-state index >= 15 is 0 Å². The summed E-state index contributed by atoms with van der Waals surface area (Å²) in [5.74, 6) is 0.694. The zero-order chi connectivity index (χ0) is 23.5. The van der Waals surface area contributed by atoms with Gasteiger partial charge in [-0.3, -0.25) is 14.3 Å².